The van der Waals surface area contributed by atoms with Crippen molar-refractivity contribution in [1.29, 1.82) is 0 Å². The number of sulfone groups is 1. The summed E-state index contributed by atoms with van der Waals surface area (Å²) in [6.45, 7) is -0.0640. The van der Waals surface area contributed by atoms with Gasteiger partial charge >= 0.3 is 5.51 Å². The van der Waals surface area contributed by atoms with Crippen molar-refractivity contribution in [3.63, 3.8) is 0 Å². The van der Waals surface area contributed by atoms with Gasteiger partial charge in [-0.05, 0) is 29.8 Å². The molecule has 142 valence electrons. The molecule has 2 aromatic carbocycles. The van der Waals surface area contributed by atoms with Crippen molar-refractivity contribution in [2.45, 2.75) is 16.9 Å². The quantitative estimate of drug-likeness (QED) is 0.661. The van der Waals surface area contributed by atoms with Crippen molar-refractivity contribution < 1.29 is 26.0 Å². The van der Waals surface area contributed by atoms with Gasteiger partial charge in [0.1, 0.15) is 5.82 Å². The molecule has 0 aliphatic heterocycles. The van der Waals surface area contributed by atoms with E-state index in [2.05, 4.69) is 10.3 Å². The number of hydrogen-bond acceptors (Lipinski definition) is 4. The minimum Gasteiger partial charge on any atom is -0.380 e. The van der Waals surface area contributed by atoms with Crippen LogP contribution in [0, 0.1) is 5.82 Å². The maximum absolute atomic E-state index is 14.2. The number of aromatic nitrogens is 2. The van der Waals surface area contributed by atoms with Crippen LogP contribution in [0.5, 0.6) is 0 Å². The second kappa shape index (κ2) is 7.03. The molecule has 5 nitrogen and oxygen atoms in total. The Kier molecular flexibility index (Phi) is 4.92. The minimum absolute atomic E-state index is 0.0640. The molecular weight excluding hydrogens is 386 g/mol. The van der Waals surface area contributed by atoms with Gasteiger partial charge in [-0.15, -0.1) is 0 Å². The third-order valence-corrected chi connectivity index (χ3v) is 5.30. The second-order valence-corrected chi connectivity index (χ2v) is 7.46. The van der Waals surface area contributed by atoms with Crippen LogP contribution in [0.3, 0.4) is 0 Å². The van der Waals surface area contributed by atoms with E-state index in [0.29, 0.717) is 5.56 Å². The van der Waals surface area contributed by atoms with Gasteiger partial charge in [0, 0.05) is 18.9 Å². The van der Waals surface area contributed by atoms with Crippen LogP contribution in [0.1, 0.15) is 5.56 Å². The van der Waals surface area contributed by atoms with Gasteiger partial charge in [0.25, 0.3) is 9.84 Å². The number of hydrogen-bond donors (Lipinski definition) is 1. The highest BCUT2D eigenvalue weighted by molar-refractivity contribution is 7.92. The molecule has 0 saturated heterocycles. The lowest BCUT2D eigenvalue weighted by atomic mass is 10.2. The fourth-order valence-electron chi connectivity index (χ4n) is 2.44. The predicted molar refractivity (Wildman–Crippen MR) is 90.5 cm³/mol. The van der Waals surface area contributed by atoms with Crippen molar-refractivity contribution >= 4 is 15.5 Å². The predicted octanol–water partition coefficient (Wildman–Crippen LogP) is 3.92. The first-order chi connectivity index (χ1) is 12.7. The summed E-state index contributed by atoms with van der Waals surface area (Å²) in [7, 11) is -5.50. The Morgan fingerprint density at radius 3 is 2.48 bits per heavy atom. The first kappa shape index (κ1) is 18.9. The summed E-state index contributed by atoms with van der Waals surface area (Å²) in [5.41, 5.74) is -4.94. The van der Waals surface area contributed by atoms with Gasteiger partial charge in [-0.25, -0.2) is 17.8 Å². The summed E-state index contributed by atoms with van der Waals surface area (Å²) >= 11 is 0. The standard InChI is InChI=1S/C17H13F4N3O2S/c18-13-9-12(5-6-15(13)24-8-7-22-11-24)10-23-14-3-1-2-4-16(14)27(25,26)17(19,20)21/h1-9,11,23H,10H2. The normalized spacial score (nSPS) is 12.1. The summed E-state index contributed by atoms with van der Waals surface area (Å²) in [5.74, 6) is -0.552. The molecule has 10 heteroatoms. The Morgan fingerprint density at radius 1 is 1.11 bits per heavy atom. The van der Waals surface area contributed by atoms with Gasteiger partial charge in [-0.2, -0.15) is 13.2 Å². The number of halogens is 4. The molecule has 1 heterocycles. The summed E-state index contributed by atoms with van der Waals surface area (Å²) in [5, 5.41) is 2.62. The molecule has 0 saturated carbocycles. The molecule has 1 aromatic heterocycles. The van der Waals surface area contributed by atoms with Gasteiger partial charge in [-0.1, -0.05) is 18.2 Å². The van der Waals surface area contributed by atoms with E-state index >= 15 is 0 Å². The van der Waals surface area contributed by atoms with Crippen molar-refractivity contribution in [1.82, 2.24) is 9.55 Å². The Balaban J connectivity index is 1.83. The summed E-state index contributed by atoms with van der Waals surface area (Å²) < 4.78 is 77.5. The zero-order chi connectivity index (χ0) is 19.7. The Hall–Kier alpha value is -2.88. The number of nitrogens with zero attached hydrogens (tertiary/aromatic N) is 2. The highest BCUT2D eigenvalue weighted by Gasteiger charge is 2.47. The van der Waals surface area contributed by atoms with Crippen molar-refractivity contribution in [2.24, 2.45) is 0 Å². The molecule has 0 spiro atoms. The maximum atomic E-state index is 14.2. The van der Waals surface area contributed by atoms with E-state index in [1.807, 2.05) is 0 Å². The first-order valence-electron chi connectivity index (χ1n) is 7.61. The number of benzene rings is 2. The SMILES string of the molecule is O=S(=O)(c1ccccc1NCc1ccc(-n2ccnc2)c(F)c1)C(F)(F)F. The number of alkyl halides is 3. The van der Waals surface area contributed by atoms with E-state index in [1.165, 1.54) is 47.4 Å². The average molecular weight is 399 g/mol. The van der Waals surface area contributed by atoms with Gasteiger partial charge in [0.05, 0.1) is 22.6 Å². The molecule has 0 aliphatic carbocycles. The highest BCUT2D eigenvalue weighted by atomic mass is 32.2. The zero-order valence-corrected chi connectivity index (χ0v) is 14.4. The topological polar surface area (TPSA) is 64.0 Å². The van der Waals surface area contributed by atoms with E-state index in [4.69, 9.17) is 0 Å². The summed E-state index contributed by atoms with van der Waals surface area (Å²) in [4.78, 5) is 2.94. The van der Waals surface area contributed by atoms with Crippen LogP contribution in [0.4, 0.5) is 23.2 Å². The van der Waals surface area contributed by atoms with Crippen LogP contribution in [-0.2, 0) is 16.4 Å². The fraction of sp³-hybridized carbons (Fsp3) is 0.118. The third kappa shape index (κ3) is 3.80. The zero-order valence-electron chi connectivity index (χ0n) is 13.6. The Bertz CT molecular complexity index is 1050. The van der Waals surface area contributed by atoms with Crippen molar-refractivity contribution in [3.05, 3.63) is 72.6 Å². The molecule has 0 atom stereocenters. The molecule has 0 aliphatic rings. The van der Waals surface area contributed by atoms with E-state index < -0.39 is 26.1 Å². The molecule has 0 bridgehead atoms. The Morgan fingerprint density at radius 2 is 1.85 bits per heavy atom. The number of nitrogens with one attached hydrogen (secondary N) is 1. The maximum Gasteiger partial charge on any atom is 0.501 e. The van der Waals surface area contributed by atoms with Crippen molar-refractivity contribution in [3.8, 4) is 5.69 Å². The number of para-hydroxylation sites is 1. The van der Waals surface area contributed by atoms with Crippen LogP contribution < -0.4 is 5.32 Å². The van der Waals surface area contributed by atoms with Gasteiger partial charge < -0.3 is 9.88 Å². The van der Waals surface area contributed by atoms with E-state index in [0.717, 1.165) is 6.07 Å². The highest BCUT2D eigenvalue weighted by Crippen LogP contribution is 2.34. The summed E-state index contributed by atoms with van der Waals surface area (Å²) in [6.07, 6.45) is 4.48. The smallest absolute Gasteiger partial charge is 0.380 e. The lowest BCUT2D eigenvalue weighted by molar-refractivity contribution is -0.0435. The van der Waals surface area contributed by atoms with E-state index in [-0.39, 0.29) is 17.9 Å². The third-order valence-electron chi connectivity index (χ3n) is 3.76. The largest absolute Gasteiger partial charge is 0.501 e. The van der Waals surface area contributed by atoms with Crippen LogP contribution >= 0.6 is 0 Å². The molecule has 0 radical (unpaired) electrons. The van der Waals surface area contributed by atoms with Gasteiger partial charge in [0.15, 0.2) is 0 Å². The summed E-state index contributed by atoms with van der Waals surface area (Å²) in [6, 6.07) is 8.97. The second-order valence-electron chi connectivity index (χ2n) is 5.55. The fourth-order valence-corrected chi connectivity index (χ4v) is 3.38. The minimum atomic E-state index is -5.50. The first-order valence-corrected chi connectivity index (χ1v) is 9.09. The average Bonchev–Trinajstić information content (AvgIpc) is 3.13. The molecule has 1 N–H and O–H groups in total. The molecule has 3 aromatic rings. The van der Waals surface area contributed by atoms with Gasteiger partial charge in [0.2, 0.25) is 0 Å². The molecule has 0 unspecified atom stereocenters. The number of rotatable bonds is 5. The number of imidazole rings is 1. The van der Waals surface area contributed by atoms with Gasteiger partial charge in [-0.3, -0.25) is 0 Å². The lowest BCUT2D eigenvalue weighted by Gasteiger charge is -2.14. The number of anilines is 1. The lowest BCUT2D eigenvalue weighted by Crippen LogP contribution is -2.24. The Labute approximate surface area is 152 Å². The monoisotopic (exact) mass is 399 g/mol. The molecule has 0 fully saturated rings. The van der Waals surface area contributed by atoms with E-state index in [9.17, 15) is 26.0 Å². The molecular formula is C17H13F4N3O2S. The van der Waals surface area contributed by atoms with Crippen molar-refractivity contribution in [2.75, 3.05) is 5.32 Å². The van der Waals surface area contributed by atoms with Crippen LogP contribution in [0.15, 0.2) is 66.1 Å². The molecule has 27 heavy (non-hydrogen) atoms. The van der Waals surface area contributed by atoms with Crippen LogP contribution in [0.2, 0.25) is 0 Å². The van der Waals surface area contributed by atoms with E-state index in [1.54, 1.807) is 12.3 Å². The van der Waals surface area contributed by atoms with Crippen LogP contribution in [0.25, 0.3) is 5.69 Å². The molecule has 0 amide bonds. The molecule has 3 rings (SSSR count). The van der Waals surface area contributed by atoms with Crippen LogP contribution in [-0.4, -0.2) is 23.5 Å².